The molecular weight excluding hydrogens is 346 g/mol. The lowest BCUT2D eigenvalue weighted by Gasteiger charge is -2.35. The van der Waals surface area contributed by atoms with Gasteiger partial charge in [-0.25, -0.2) is 4.98 Å². The van der Waals surface area contributed by atoms with Crippen molar-refractivity contribution in [3.8, 4) is 0 Å². The van der Waals surface area contributed by atoms with E-state index < -0.39 is 0 Å². The van der Waals surface area contributed by atoms with Crippen LogP contribution >= 0.6 is 22.9 Å². The zero-order valence-electron chi connectivity index (χ0n) is 13.8. The maximum atomic E-state index is 12.5. The Labute approximate surface area is 150 Å². The molecule has 2 aromatic rings. The summed E-state index contributed by atoms with van der Waals surface area (Å²) in [6.07, 6.45) is 2.27. The van der Waals surface area contributed by atoms with Gasteiger partial charge in [-0.1, -0.05) is 25.4 Å². The van der Waals surface area contributed by atoms with Gasteiger partial charge < -0.3 is 9.80 Å². The van der Waals surface area contributed by atoms with E-state index in [0.29, 0.717) is 30.6 Å². The van der Waals surface area contributed by atoms with E-state index in [9.17, 15) is 4.79 Å². The molecule has 6 nitrogen and oxygen atoms in total. The van der Waals surface area contributed by atoms with Gasteiger partial charge in [0.2, 0.25) is 5.91 Å². The van der Waals surface area contributed by atoms with Crippen LogP contribution in [-0.4, -0.2) is 52.2 Å². The molecule has 0 bridgehead atoms. The molecule has 1 amide bonds. The number of thiazole rings is 1. The first-order chi connectivity index (χ1) is 11.5. The van der Waals surface area contributed by atoms with Crippen molar-refractivity contribution in [1.82, 2.24) is 20.1 Å². The fourth-order valence-corrected chi connectivity index (χ4v) is 3.59. The van der Waals surface area contributed by atoms with Crippen LogP contribution < -0.4 is 4.90 Å². The van der Waals surface area contributed by atoms with Crippen LogP contribution in [0.15, 0.2) is 18.3 Å². The van der Waals surface area contributed by atoms with Crippen LogP contribution in [0.1, 0.15) is 29.7 Å². The summed E-state index contributed by atoms with van der Waals surface area (Å²) in [5.74, 6) is 1.39. The van der Waals surface area contributed by atoms with Gasteiger partial charge in [-0.15, -0.1) is 21.5 Å². The number of hydrogen-bond donors (Lipinski definition) is 0. The molecule has 1 aliphatic rings. The Morgan fingerprint density at radius 3 is 2.58 bits per heavy atom. The number of anilines is 1. The van der Waals surface area contributed by atoms with Crippen LogP contribution in [0.25, 0.3) is 0 Å². The molecule has 3 heterocycles. The summed E-state index contributed by atoms with van der Waals surface area (Å²) in [6.45, 7) is 7.14. The van der Waals surface area contributed by atoms with Crippen molar-refractivity contribution in [2.24, 2.45) is 0 Å². The van der Waals surface area contributed by atoms with E-state index in [2.05, 4.69) is 33.9 Å². The topological polar surface area (TPSA) is 62.2 Å². The molecule has 0 N–H and O–H groups in total. The molecule has 0 atom stereocenters. The van der Waals surface area contributed by atoms with Gasteiger partial charge in [-0.2, -0.15) is 0 Å². The number of amides is 1. The fourth-order valence-electron chi connectivity index (χ4n) is 2.58. The Morgan fingerprint density at radius 1 is 1.25 bits per heavy atom. The lowest BCUT2D eigenvalue weighted by molar-refractivity contribution is -0.130. The normalized spacial score (nSPS) is 15.2. The molecule has 1 saturated heterocycles. The average molecular weight is 366 g/mol. The van der Waals surface area contributed by atoms with Crippen LogP contribution in [0.2, 0.25) is 5.15 Å². The Balaban J connectivity index is 1.53. The predicted octanol–water partition coefficient (Wildman–Crippen LogP) is 2.60. The van der Waals surface area contributed by atoms with Gasteiger partial charge in [0.15, 0.2) is 11.0 Å². The van der Waals surface area contributed by atoms with E-state index in [1.54, 1.807) is 17.4 Å². The van der Waals surface area contributed by atoms with Gasteiger partial charge in [0, 0.05) is 37.3 Å². The van der Waals surface area contributed by atoms with Crippen LogP contribution in [0.3, 0.4) is 0 Å². The summed E-state index contributed by atoms with van der Waals surface area (Å²) in [5, 5.41) is 9.24. The van der Waals surface area contributed by atoms with Gasteiger partial charge in [0.1, 0.15) is 5.01 Å². The van der Waals surface area contributed by atoms with E-state index in [-0.39, 0.29) is 5.91 Å². The molecule has 2 aromatic heterocycles. The summed E-state index contributed by atoms with van der Waals surface area (Å²) in [6, 6.07) is 3.59. The van der Waals surface area contributed by atoms with Gasteiger partial charge in [0.05, 0.1) is 6.42 Å². The first kappa shape index (κ1) is 17.1. The molecule has 0 aliphatic carbocycles. The van der Waals surface area contributed by atoms with Crippen molar-refractivity contribution in [3.63, 3.8) is 0 Å². The molecule has 1 aliphatic heterocycles. The first-order valence-corrected chi connectivity index (χ1v) is 9.19. The molecule has 0 saturated carbocycles. The van der Waals surface area contributed by atoms with Crippen molar-refractivity contribution in [1.29, 1.82) is 0 Å². The summed E-state index contributed by atoms with van der Waals surface area (Å²) in [4.78, 5) is 22.1. The van der Waals surface area contributed by atoms with Crippen molar-refractivity contribution >= 4 is 34.7 Å². The highest BCUT2D eigenvalue weighted by Crippen LogP contribution is 2.22. The number of aromatic nitrogens is 3. The molecule has 0 spiro atoms. The van der Waals surface area contributed by atoms with Gasteiger partial charge in [-0.05, 0) is 18.1 Å². The molecule has 0 unspecified atom stereocenters. The van der Waals surface area contributed by atoms with Crippen molar-refractivity contribution in [2.45, 2.75) is 26.2 Å². The molecule has 1 fully saturated rings. The summed E-state index contributed by atoms with van der Waals surface area (Å²) in [5.41, 5.74) is 0. The number of hydrogen-bond acceptors (Lipinski definition) is 6. The highest BCUT2D eigenvalue weighted by molar-refractivity contribution is 7.11. The summed E-state index contributed by atoms with van der Waals surface area (Å²) < 4.78 is 0. The zero-order chi connectivity index (χ0) is 17.1. The standard InChI is InChI=1S/C16H20ClN5OS/c1-11(2)12-10-18-15(24-12)9-16(23)22-7-5-21(6-8-22)14-4-3-13(17)19-20-14/h3-4,10-11H,5-9H2,1-2H3. The van der Waals surface area contributed by atoms with E-state index in [1.807, 2.05) is 17.2 Å². The molecule has 8 heteroatoms. The second kappa shape index (κ2) is 7.44. The Bertz CT molecular complexity index is 695. The van der Waals surface area contributed by atoms with E-state index in [0.717, 1.165) is 23.9 Å². The predicted molar refractivity (Wildman–Crippen MR) is 95.7 cm³/mol. The smallest absolute Gasteiger partial charge is 0.229 e. The number of carbonyl (C=O) groups is 1. The SMILES string of the molecule is CC(C)c1cnc(CC(=O)N2CCN(c3ccc(Cl)nn3)CC2)s1. The minimum Gasteiger partial charge on any atom is -0.352 e. The molecular formula is C16H20ClN5OS. The van der Waals surface area contributed by atoms with Crippen molar-refractivity contribution in [2.75, 3.05) is 31.1 Å². The van der Waals surface area contributed by atoms with Crippen molar-refractivity contribution < 1.29 is 4.79 Å². The lowest BCUT2D eigenvalue weighted by atomic mass is 10.2. The third-order valence-electron chi connectivity index (χ3n) is 4.02. The number of rotatable bonds is 4. The minimum absolute atomic E-state index is 0.140. The Morgan fingerprint density at radius 2 is 2.00 bits per heavy atom. The molecule has 0 aromatic carbocycles. The monoisotopic (exact) mass is 365 g/mol. The average Bonchev–Trinajstić information content (AvgIpc) is 3.04. The third kappa shape index (κ3) is 4.02. The van der Waals surface area contributed by atoms with Crippen LogP contribution in [0, 0.1) is 0 Å². The van der Waals surface area contributed by atoms with Crippen LogP contribution in [0.5, 0.6) is 0 Å². The largest absolute Gasteiger partial charge is 0.352 e. The third-order valence-corrected chi connectivity index (χ3v) is 5.52. The van der Waals surface area contributed by atoms with E-state index >= 15 is 0 Å². The van der Waals surface area contributed by atoms with E-state index in [4.69, 9.17) is 11.6 Å². The Kier molecular flexibility index (Phi) is 5.30. The number of halogens is 1. The number of carbonyl (C=O) groups excluding carboxylic acids is 1. The minimum atomic E-state index is 0.140. The maximum absolute atomic E-state index is 12.5. The quantitative estimate of drug-likeness (QED) is 0.833. The summed E-state index contributed by atoms with van der Waals surface area (Å²) in [7, 11) is 0. The van der Waals surface area contributed by atoms with Gasteiger partial charge >= 0.3 is 0 Å². The van der Waals surface area contributed by atoms with Gasteiger partial charge in [-0.3, -0.25) is 4.79 Å². The van der Waals surface area contributed by atoms with Crippen LogP contribution in [-0.2, 0) is 11.2 Å². The van der Waals surface area contributed by atoms with Crippen LogP contribution in [0.4, 0.5) is 5.82 Å². The maximum Gasteiger partial charge on any atom is 0.229 e. The molecule has 0 radical (unpaired) electrons. The highest BCUT2D eigenvalue weighted by Gasteiger charge is 2.23. The molecule has 3 rings (SSSR count). The number of piperazine rings is 1. The second-order valence-electron chi connectivity index (χ2n) is 6.07. The molecule has 24 heavy (non-hydrogen) atoms. The highest BCUT2D eigenvalue weighted by atomic mass is 35.5. The second-order valence-corrected chi connectivity index (χ2v) is 7.60. The lowest BCUT2D eigenvalue weighted by Crippen LogP contribution is -2.49. The zero-order valence-corrected chi connectivity index (χ0v) is 15.3. The van der Waals surface area contributed by atoms with E-state index in [1.165, 1.54) is 4.88 Å². The Hall–Kier alpha value is -1.73. The molecule has 128 valence electrons. The number of nitrogens with zero attached hydrogens (tertiary/aromatic N) is 5. The van der Waals surface area contributed by atoms with Gasteiger partial charge in [0.25, 0.3) is 0 Å². The fraction of sp³-hybridized carbons (Fsp3) is 0.500. The summed E-state index contributed by atoms with van der Waals surface area (Å²) >= 11 is 7.40. The first-order valence-electron chi connectivity index (χ1n) is 7.99. The van der Waals surface area contributed by atoms with Crippen molar-refractivity contribution in [3.05, 3.63) is 33.4 Å².